The number of hydrogen-bond donors (Lipinski definition) is 1. The number of nitrogens with one attached hydrogen (secondary N) is 1. The van der Waals surface area contributed by atoms with Gasteiger partial charge in [0.15, 0.2) is 0 Å². The monoisotopic (exact) mass is 388 g/mol. The zero-order valence-corrected chi connectivity index (χ0v) is 17.4. The number of rotatable bonds is 5. The van der Waals surface area contributed by atoms with Crippen LogP contribution in [0.1, 0.15) is 47.1 Å². The van der Waals surface area contributed by atoms with E-state index in [0.717, 1.165) is 54.9 Å². The third-order valence-electron chi connectivity index (χ3n) is 5.46. The average molecular weight is 389 g/mol. The number of aromatic nitrogens is 4. The van der Waals surface area contributed by atoms with Gasteiger partial charge in [-0.2, -0.15) is 0 Å². The molecule has 3 aromatic heterocycles. The Morgan fingerprint density at radius 3 is 2.76 bits per heavy atom. The Balaban J connectivity index is 1.50. The van der Waals surface area contributed by atoms with E-state index in [4.69, 9.17) is 4.98 Å². The highest BCUT2D eigenvalue weighted by atomic mass is 15.1. The van der Waals surface area contributed by atoms with Crippen molar-refractivity contribution >= 4 is 11.6 Å². The van der Waals surface area contributed by atoms with Gasteiger partial charge in [0.1, 0.15) is 17.5 Å². The van der Waals surface area contributed by atoms with E-state index in [1.165, 1.54) is 17.5 Å². The Morgan fingerprint density at radius 2 is 1.93 bits per heavy atom. The lowest BCUT2D eigenvalue weighted by Gasteiger charge is -2.32. The van der Waals surface area contributed by atoms with E-state index >= 15 is 0 Å². The van der Waals surface area contributed by atoms with Gasteiger partial charge in [-0.05, 0) is 69.5 Å². The van der Waals surface area contributed by atoms with Crippen molar-refractivity contribution in [1.29, 1.82) is 0 Å². The van der Waals surface area contributed by atoms with Gasteiger partial charge in [0.2, 0.25) is 0 Å². The molecule has 1 N–H and O–H groups in total. The summed E-state index contributed by atoms with van der Waals surface area (Å²) in [5.41, 5.74) is 4.70. The third-order valence-corrected chi connectivity index (χ3v) is 5.46. The van der Waals surface area contributed by atoms with Gasteiger partial charge in [-0.25, -0.2) is 15.0 Å². The van der Waals surface area contributed by atoms with E-state index in [2.05, 4.69) is 51.1 Å². The quantitative estimate of drug-likeness (QED) is 0.702. The normalized spacial score (nSPS) is 17.3. The van der Waals surface area contributed by atoms with Crippen molar-refractivity contribution < 1.29 is 0 Å². The number of hydrogen-bond acceptors (Lipinski definition) is 6. The minimum absolute atomic E-state index is 0.411. The van der Waals surface area contributed by atoms with Crippen LogP contribution in [0.25, 0.3) is 0 Å². The van der Waals surface area contributed by atoms with Gasteiger partial charge in [-0.1, -0.05) is 6.07 Å². The maximum atomic E-state index is 4.77. The standard InChI is InChI=1S/C23H28N6/c1-16-8-10-25-22(12-16)28-23-13-21(26-18(3)27-23)20-7-5-11-29(15-20)14-19-6-4-9-24-17(19)2/h4,6,8-10,12-13,20H,5,7,11,14-15H2,1-3H3,(H,25,26,27,28). The predicted molar refractivity (Wildman–Crippen MR) is 115 cm³/mol. The van der Waals surface area contributed by atoms with Crippen molar-refractivity contribution in [2.24, 2.45) is 0 Å². The van der Waals surface area contributed by atoms with E-state index in [1.54, 1.807) is 0 Å². The summed E-state index contributed by atoms with van der Waals surface area (Å²) in [5, 5.41) is 3.34. The maximum absolute atomic E-state index is 4.77. The molecule has 0 bridgehead atoms. The summed E-state index contributed by atoms with van der Waals surface area (Å²) < 4.78 is 0. The van der Waals surface area contributed by atoms with Crippen LogP contribution in [-0.4, -0.2) is 37.9 Å². The van der Waals surface area contributed by atoms with E-state index in [1.807, 2.05) is 37.5 Å². The van der Waals surface area contributed by atoms with Gasteiger partial charge in [0.05, 0.1) is 5.69 Å². The van der Waals surface area contributed by atoms with Crippen molar-refractivity contribution in [1.82, 2.24) is 24.8 Å². The molecule has 0 amide bonds. The molecule has 1 fully saturated rings. The zero-order valence-electron chi connectivity index (χ0n) is 17.4. The maximum Gasteiger partial charge on any atom is 0.135 e. The Labute approximate surface area is 172 Å². The van der Waals surface area contributed by atoms with Crippen molar-refractivity contribution in [3.05, 3.63) is 71.1 Å². The molecule has 1 aliphatic heterocycles. The first-order valence-corrected chi connectivity index (χ1v) is 10.2. The molecule has 1 aliphatic rings. The van der Waals surface area contributed by atoms with Gasteiger partial charge in [-0.3, -0.25) is 9.88 Å². The molecule has 0 spiro atoms. The SMILES string of the molecule is Cc1ccnc(Nc2cc(C3CCCN(Cc4cccnc4C)C3)nc(C)n2)c1. The highest BCUT2D eigenvalue weighted by Gasteiger charge is 2.23. The Hall–Kier alpha value is -2.86. The van der Waals surface area contributed by atoms with E-state index in [-0.39, 0.29) is 0 Å². The summed E-state index contributed by atoms with van der Waals surface area (Å²) in [4.78, 5) is 20.7. The van der Waals surface area contributed by atoms with Gasteiger partial charge in [0, 0.05) is 43.2 Å². The fourth-order valence-electron chi connectivity index (χ4n) is 3.97. The van der Waals surface area contributed by atoms with Crippen LogP contribution in [0.3, 0.4) is 0 Å². The lowest BCUT2D eigenvalue weighted by atomic mass is 9.94. The second kappa shape index (κ2) is 8.66. The highest BCUT2D eigenvalue weighted by molar-refractivity contribution is 5.52. The molecule has 0 aromatic carbocycles. The fourth-order valence-corrected chi connectivity index (χ4v) is 3.97. The average Bonchev–Trinajstić information content (AvgIpc) is 2.70. The van der Waals surface area contributed by atoms with Crippen LogP contribution in [0, 0.1) is 20.8 Å². The molecule has 4 heterocycles. The number of piperidine rings is 1. The summed E-state index contributed by atoms with van der Waals surface area (Å²) in [7, 11) is 0. The molecule has 6 heteroatoms. The summed E-state index contributed by atoms with van der Waals surface area (Å²) >= 11 is 0. The van der Waals surface area contributed by atoms with Crippen molar-refractivity contribution in [3.63, 3.8) is 0 Å². The lowest BCUT2D eigenvalue weighted by Crippen LogP contribution is -2.34. The summed E-state index contributed by atoms with van der Waals surface area (Å²) in [6.45, 7) is 9.17. The largest absolute Gasteiger partial charge is 0.325 e. The minimum atomic E-state index is 0.411. The van der Waals surface area contributed by atoms with E-state index in [9.17, 15) is 0 Å². The third kappa shape index (κ3) is 4.95. The molecule has 1 saturated heterocycles. The number of anilines is 2. The molecule has 4 rings (SSSR count). The van der Waals surface area contributed by atoms with E-state index < -0.39 is 0 Å². The molecule has 0 saturated carbocycles. The van der Waals surface area contributed by atoms with Crippen LogP contribution in [-0.2, 0) is 6.54 Å². The molecule has 6 nitrogen and oxygen atoms in total. The smallest absolute Gasteiger partial charge is 0.135 e. The zero-order chi connectivity index (χ0) is 20.2. The topological polar surface area (TPSA) is 66.8 Å². The number of likely N-dealkylation sites (tertiary alicyclic amines) is 1. The molecule has 1 unspecified atom stereocenters. The number of nitrogens with zero attached hydrogens (tertiary/aromatic N) is 5. The Morgan fingerprint density at radius 1 is 1.03 bits per heavy atom. The number of pyridine rings is 2. The molecule has 0 radical (unpaired) electrons. The second-order valence-electron chi connectivity index (χ2n) is 7.89. The van der Waals surface area contributed by atoms with Crippen LogP contribution < -0.4 is 5.32 Å². The van der Waals surface area contributed by atoms with Crippen LogP contribution in [0.2, 0.25) is 0 Å². The van der Waals surface area contributed by atoms with Crippen LogP contribution in [0.4, 0.5) is 11.6 Å². The van der Waals surface area contributed by atoms with Gasteiger partial charge >= 0.3 is 0 Å². The molecular weight excluding hydrogens is 360 g/mol. The van der Waals surface area contributed by atoms with Gasteiger partial charge in [0.25, 0.3) is 0 Å². The van der Waals surface area contributed by atoms with Crippen LogP contribution >= 0.6 is 0 Å². The molecular formula is C23H28N6. The number of aryl methyl sites for hydroxylation is 3. The van der Waals surface area contributed by atoms with Crippen molar-refractivity contribution in [2.45, 2.75) is 46.1 Å². The van der Waals surface area contributed by atoms with Gasteiger partial charge in [-0.15, -0.1) is 0 Å². The summed E-state index contributed by atoms with van der Waals surface area (Å²) in [5.74, 6) is 2.82. The van der Waals surface area contributed by atoms with Crippen LogP contribution in [0.5, 0.6) is 0 Å². The van der Waals surface area contributed by atoms with Crippen molar-refractivity contribution in [2.75, 3.05) is 18.4 Å². The Kier molecular flexibility index (Phi) is 5.81. The summed E-state index contributed by atoms with van der Waals surface area (Å²) in [6, 6.07) is 10.3. The van der Waals surface area contributed by atoms with Crippen LogP contribution in [0.15, 0.2) is 42.7 Å². The molecule has 29 heavy (non-hydrogen) atoms. The highest BCUT2D eigenvalue weighted by Crippen LogP contribution is 2.28. The second-order valence-corrected chi connectivity index (χ2v) is 7.89. The minimum Gasteiger partial charge on any atom is -0.325 e. The van der Waals surface area contributed by atoms with E-state index in [0.29, 0.717) is 5.92 Å². The predicted octanol–water partition coefficient (Wildman–Crippen LogP) is 4.32. The molecule has 0 aliphatic carbocycles. The first-order chi connectivity index (χ1) is 14.1. The lowest BCUT2D eigenvalue weighted by molar-refractivity contribution is 0.198. The molecule has 3 aromatic rings. The first-order valence-electron chi connectivity index (χ1n) is 10.2. The summed E-state index contributed by atoms with van der Waals surface area (Å²) in [6.07, 6.45) is 6.00. The van der Waals surface area contributed by atoms with Crippen molar-refractivity contribution in [3.8, 4) is 0 Å². The Bertz CT molecular complexity index is 987. The fraction of sp³-hybridized carbons (Fsp3) is 0.391. The molecule has 150 valence electrons. The molecule has 1 atom stereocenters. The van der Waals surface area contributed by atoms with Gasteiger partial charge < -0.3 is 5.32 Å². The first kappa shape index (κ1) is 19.5.